The van der Waals surface area contributed by atoms with Crippen molar-refractivity contribution in [2.24, 2.45) is 10.1 Å². The first-order valence-corrected chi connectivity index (χ1v) is 8.73. The molecule has 2 aromatic rings. The predicted octanol–water partition coefficient (Wildman–Crippen LogP) is 3.19. The maximum absolute atomic E-state index is 14.4. The fourth-order valence-corrected chi connectivity index (χ4v) is 3.28. The van der Waals surface area contributed by atoms with E-state index in [-0.39, 0.29) is 23.9 Å². The molecule has 2 heterocycles. The van der Waals surface area contributed by atoms with Gasteiger partial charge in [-0.1, -0.05) is 28.9 Å². The number of benzene rings is 2. The molecule has 138 valence electrons. The van der Waals surface area contributed by atoms with Crippen LogP contribution in [0.1, 0.15) is 11.1 Å². The molecule has 0 aromatic heterocycles. The zero-order valence-corrected chi connectivity index (χ0v) is 15.2. The largest absolute Gasteiger partial charge is 0.623 e. The lowest BCUT2D eigenvalue weighted by molar-refractivity contribution is -0.440. The number of oxime groups is 1. The SMILES string of the molecule is CO/N=C/C1CN1C1=Nc2ccc(Cl)cc2C(c2ccccc2F)=[N+]([O-])C1. The third kappa shape index (κ3) is 3.38. The molecule has 27 heavy (non-hydrogen) atoms. The van der Waals surface area contributed by atoms with Crippen LogP contribution >= 0.6 is 11.6 Å². The van der Waals surface area contributed by atoms with Gasteiger partial charge in [0.25, 0.3) is 0 Å². The van der Waals surface area contributed by atoms with Crippen molar-refractivity contribution in [3.63, 3.8) is 0 Å². The predicted molar refractivity (Wildman–Crippen MR) is 103 cm³/mol. The van der Waals surface area contributed by atoms with Gasteiger partial charge in [-0.15, -0.1) is 0 Å². The van der Waals surface area contributed by atoms with Crippen molar-refractivity contribution in [1.82, 2.24) is 4.90 Å². The second-order valence-corrected chi connectivity index (χ2v) is 6.65. The molecule has 6 nitrogen and oxygen atoms in total. The Balaban J connectivity index is 1.82. The van der Waals surface area contributed by atoms with Crippen molar-refractivity contribution in [2.45, 2.75) is 6.04 Å². The Morgan fingerprint density at radius 1 is 1.33 bits per heavy atom. The summed E-state index contributed by atoms with van der Waals surface area (Å²) in [6.07, 6.45) is 1.66. The molecule has 2 aliphatic heterocycles. The topological polar surface area (TPSA) is 63.0 Å². The number of nitrogens with zero attached hydrogens (tertiary/aromatic N) is 4. The Kier molecular flexibility index (Phi) is 4.53. The van der Waals surface area contributed by atoms with Gasteiger partial charge in [-0.25, -0.2) is 9.38 Å². The maximum atomic E-state index is 14.4. The standard InChI is InChI=1S/C19H16ClFN4O2/c1-27-22-9-13-10-24(13)18-11-25(26)19(14-4-2-3-5-16(14)21)15-8-12(20)6-7-17(15)23-18/h2-9,13H,10-11H2,1H3/b22-9+. The third-order valence-electron chi connectivity index (χ3n) is 4.45. The van der Waals surface area contributed by atoms with Crippen molar-refractivity contribution < 1.29 is 14.0 Å². The summed E-state index contributed by atoms with van der Waals surface area (Å²) >= 11 is 6.14. The third-order valence-corrected chi connectivity index (χ3v) is 4.68. The highest BCUT2D eigenvalue weighted by Gasteiger charge is 2.39. The highest BCUT2D eigenvalue weighted by molar-refractivity contribution is 6.31. The van der Waals surface area contributed by atoms with Gasteiger partial charge in [-0.2, -0.15) is 4.74 Å². The molecule has 0 amide bonds. The average Bonchev–Trinajstić information content (AvgIpc) is 3.43. The Hall–Kier alpha value is -2.93. The van der Waals surface area contributed by atoms with Gasteiger partial charge in [0.05, 0.1) is 29.1 Å². The number of amidine groups is 1. The average molecular weight is 387 g/mol. The van der Waals surface area contributed by atoms with E-state index in [9.17, 15) is 9.60 Å². The van der Waals surface area contributed by atoms with Crippen LogP contribution in [-0.2, 0) is 4.84 Å². The van der Waals surface area contributed by atoms with E-state index in [2.05, 4.69) is 10.1 Å². The zero-order valence-electron chi connectivity index (χ0n) is 14.5. The van der Waals surface area contributed by atoms with Gasteiger partial charge in [0, 0.05) is 11.6 Å². The molecular weight excluding hydrogens is 371 g/mol. The van der Waals surface area contributed by atoms with Crippen LogP contribution in [0.2, 0.25) is 5.02 Å². The van der Waals surface area contributed by atoms with E-state index in [1.807, 2.05) is 4.90 Å². The second kappa shape index (κ2) is 7.00. The Morgan fingerprint density at radius 2 is 2.15 bits per heavy atom. The molecule has 0 saturated carbocycles. The Morgan fingerprint density at radius 3 is 2.93 bits per heavy atom. The van der Waals surface area contributed by atoms with Crippen LogP contribution in [0.3, 0.4) is 0 Å². The smallest absolute Gasteiger partial charge is 0.231 e. The molecule has 4 rings (SSSR count). The van der Waals surface area contributed by atoms with Gasteiger partial charge >= 0.3 is 0 Å². The summed E-state index contributed by atoms with van der Waals surface area (Å²) in [4.78, 5) is 11.3. The number of hydrogen-bond donors (Lipinski definition) is 0. The van der Waals surface area contributed by atoms with Crippen molar-refractivity contribution in [1.29, 1.82) is 0 Å². The molecule has 1 saturated heterocycles. The van der Waals surface area contributed by atoms with Crippen molar-refractivity contribution in [3.8, 4) is 0 Å². The van der Waals surface area contributed by atoms with Gasteiger partial charge in [-0.05, 0) is 30.3 Å². The molecule has 0 N–H and O–H groups in total. The first-order chi connectivity index (χ1) is 13.1. The summed E-state index contributed by atoms with van der Waals surface area (Å²) in [5.41, 5.74) is 1.51. The molecule has 0 radical (unpaired) electrons. The molecule has 8 heteroatoms. The summed E-state index contributed by atoms with van der Waals surface area (Å²) in [7, 11) is 1.47. The highest BCUT2D eigenvalue weighted by atomic mass is 35.5. The van der Waals surface area contributed by atoms with Crippen molar-refractivity contribution >= 4 is 35.1 Å². The summed E-state index contributed by atoms with van der Waals surface area (Å²) < 4.78 is 15.2. The Bertz CT molecular complexity index is 989. The van der Waals surface area contributed by atoms with E-state index in [1.165, 1.54) is 13.2 Å². The van der Waals surface area contributed by atoms with E-state index < -0.39 is 5.82 Å². The van der Waals surface area contributed by atoms with Gasteiger partial charge in [-0.3, -0.25) is 0 Å². The summed E-state index contributed by atoms with van der Waals surface area (Å²) in [5.74, 6) is 0.118. The van der Waals surface area contributed by atoms with E-state index in [0.29, 0.717) is 28.7 Å². The molecule has 1 atom stereocenters. The minimum atomic E-state index is -0.473. The van der Waals surface area contributed by atoms with Gasteiger partial charge in [0.2, 0.25) is 12.3 Å². The van der Waals surface area contributed by atoms with E-state index in [4.69, 9.17) is 16.4 Å². The molecule has 0 spiro atoms. The molecule has 0 aliphatic carbocycles. The summed E-state index contributed by atoms with van der Waals surface area (Å²) in [5, 5.41) is 17.2. The lowest BCUT2D eigenvalue weighted by Crippen LogP contribution is -2.28. The molecule has 0 bridgehead atoms. The van der Waals surface area contributed by atoms with Crippen molar-refractivity contribution in [3.05, 3.63) is 69.6 Å². The van der Waals surface area contributed by atoms with Gasteiger partial charge in [0.15, 0.2) is 5.84 Å². The fourth-order valence-electron chi connectivity index (χ4n) is 3.11. The van der Waals surface area contributed by atoms with Gasteiger partial charge < -0.3 is 14.9 Å². The minimum Gasteiger partial charge on any atom is -0.623 e. The number of halogens is 2. The second-order valence-electron chi connectivity index (χ2n) is 6.21. The van der Waals surface area contributed by atoms with Crippen LogP contribution in [-0.4, -0.2) is 53.6 Å². The van der Waals surface area contributed by atoms with E-state index in [0.717, 1.165) is 4.74 Å². The normalized spacial score (nSPS) is 19.0. The number of rotatable bonds is 3. The molecule has 2 aliphatic rings. The van der Waals surface area contributed by atoms with Crippen LogP contribution in [0.4, 0.5) is 10.1 Å². The van der Waals surface area contributed by atoms with Crippen LogP contribution in [0.25, 0.3) is 0 Å². The minimum absolute atomic E-state index is 0.00666. The summed E-state index contributed by atoms with van der Waals surface area (Å²) in [6.45, 7) is 0.685. The van der Waals surface area contributed by atoms with Crippen LogP contribution in [0.5, 0.6) is 0 Å². The number of hydrogen-bond acceptors (Lipinski definition) is 5. The zero-order chi connectivity index (χ0) is 19.0. The van der Waals surface area contributed by atoms with Crippen LogP contribution in [0, 0.1) is 11.0 Å². The number of hydroxylamine groups is 1. The molecule has 1 unspecified atom stereocenters. The highest BCUT2D eigenvalue weighted by Crippen LogP contribution is 2.31. The lowest BCUT2D eigenvalue weighted by atomic mass is 10.00. The Labute approximate surface area is 160 Å². The van der Waals surface area contributed by atoms with Crippen LogP contribution < -0.4 is 0 Å². The molecule has 1 fully saturated rings. The van der Waals surface area contributed by atoms with E-state index >= 15 is 0 Å². The lowest BCUT2D eigenvalue weighted by Gasteiger charge is -2.11. The van der Waals surface area contributed by atoms with Crippen molar-refractivity contribution in [2.75, 3.05) is 20.2 Å². The first kappa shape index (κ1) is 17.5. The van der Waals surface area contributed by atoms with Crippen LogP contribution in [0.15, 0.2) is 52.6 Å². The molecule has 2 aromatic carbocycles. The number of aliphatic imine (C=N–C) groups is 1. The van der Waals surface area contributed by atoms with Gasteiger partial charge in [0.1, 0.15) is 12.9 Å². The molecular formula is C19H16ClFN4O2. The van der Waals surface area contributed by atoms with E-state index in [1.54, 1.807) is 42.6 Å². The quantitative estimate of drug-likeness (QED) is 0.267. The monoisotopic (exact) mass is 386 g/mol. The first-order valence-electron chi connectivity index (χ1n) is 8.36. The number of fused-ring (bicyclic) bond motifs is 1. The summed E-state index contributed by atoms with van der Waals surface area (Å²) in [6, 6.07) is 11.3. The maximum Gasteiger partial charge on any atom is 0.231 e. The fraction of sp³-hybridized carbons (Fsp3) is 0.211.